The summed E-state index contributed by atoms with van der Waals surface area (Å²) in [5, 5.41) is 23.2. The Kier molecular flexibility index (Phi) is 14.3. The molecule has 0 radical (unpaired) electrons. The highest BCUT2D eigenvalue weighted by atomic mass is 32.1. The number of aromatic nitrogens is 4. The first-order chi connectivity index (χ1) is 23.5. The topological polar surface area (TPSA) is 104 Å². The van der Waals surface area contributed by atoms with Crippen molar-refractivity contribution in [1.82, 2.24) is 25.1 Å². The van der Waals surface area contributed by atoms with Crippen LogP contribution in [0.2, 0.25) is 0 Å². The predicted octanol–water partition coefficient (Wildman–Crippen LogP) is 8.55. The molecule has 10 heteroatoms. The minimum Gasteiger partial charge on any atom is -0.392 e. The number of aliphatic hydroxyl groups excluding tert-OH is 1. The van der Waals surface area contributed by atoms with Gasteiger partial charge in [0.05, 0.1) is 35.0 Å². The van der Waals surface area contributed by atoms with Crippen LogP contribution >= 0.6 is 11.3 Å². The van der Waals surface area contributed by atoms with E-state index in [1.165, 1.54) is 57.4 Å². The second-order valence-electron chi connectivity index (χ2n) is 14.0. The molecule has 1 saturated heterocycles. The molecule has 2 fully saturated rings. The average Bonchev–Trinajstić information content (AvgIpc) is 3.61. The number of halogens is 1. The number of likely N-dealkylation sites (tertiary alicyclic amines) is 1. The fourth-order valence-corrected chi connectivity index (χ4v) is 8.31. The second kappa shape index (κ2) is 18.8. The van der Waals surface area contributed by atoms with Crippen LogP contribution in [0.4, 0.5) is 10.2 Å². The number of β-amino-alcohol motifs (C(OH)–C–C–N with tert-alkyl or cyclic N) is 1. The first kappa shape index (κ1) is 36.5. The van der Waals surface area contributed by atoms with Gasteiger partial charge in [0, 0.05) is 42.2 Å². The maximum Gasteiger partial charge on any atom is 0.148 e. The van der Waals surface area contributed by atoms with E-state index in [1.54, 1.807) is 23.6 Å². The number of carbonyl (C=O) groups excluding carboxylic acids is 1. The van der Waals surface area contributed by atoms with Crippen LogP contribution in [0.1, 0.15) is 144 Å². The summed E-state index contributed by atoms with van der Waals surface area (Å²) in [5.74, 6) is -0.0170. The molecular weight excluding hydrogens is 624 g/mol. The molecule has 4 heterocycles. The molecule has 0 spiro atoms. The summed E-state index contributed by atoms with van der Waals surface area (Å²) in [6.45, 7) is 4.10. The Balaban J connectivity index is 1.25. The average molecular weight is 679 g/mol. The Labute approximate surface area is 290 Å². The number of pyridine rings is 1. The summed E-state index contributed by atoms with van der Waals surface area (Å²) in [7, 11) is 0. The fraction of sp³-hybridized carbons (Fsp3) is 0.658. The SMILES string of the molecule is CCCCCCCCCCCCCC(=O)C(c1ccc(NCC2(c3ncccc3F)CCC2)nn1)C(c1cncs1)N1CCCC(O)C1. The molecule has 1 aliphatic carbocycles. The summed E-state index contributed by atoms with van der Waals surface area (Å²) in [5.41, 5.74) is 2.61. The van der Waals surface area contributed by atoms with Crippen molar-refractivity contribution in [2.75, 3.05) is 25.0 Å². The molecular formula is C38H55FN6O2S. The number of ketones is 1. The van der Waals surface area contributed by atoms with Gasteiger partial charge >= 0.3 is 0 Å². The molecule has 0 aromatic carbocycles. The lowest BCUT2D eigenvalue weighted by Crippen LogP contribution is -2.44. The molecule has 2 N–H and O–H groups in total. The van der Waals surface area contributed by atoms with Crippen LogP contribution < -0.4 is 5.32 Å². The summed E-state index contributed by atoms with van der Waals surface area (Å²) in [4.78, 5) is 26.2. The van der Waals surface area contributed by atoms with Crippen molar-refractivity contribution in [3.63, 3.8) is 0 Å². The Morgan fingerprint density at radius 3 is 2.40 bits per heavy atom. The summed E-state index contributed by atoms with van der Waals surface area (Å²) < 4.78 is 14.7. The standard InChI is InChI=1S/C38H55FN6O2S/c1-2-3-4-5-6-7-8-9-10-11-12-18-32(47)35(36(33-25-40-28-48-33)45-24-14-16-29(46)26-45)31-19-20-34(44-43-31)42-27-38(21-15-22-38)37-30(39)17-13-23-41-37/h13,17,19-20,23,25,28-29,35-36,46H,2-12,14-16,18,21-22,24,26-27H2,1H3,(H,42,44). The normalized spacial score (nSPS) is 19.0. The van der Waals surface area contributed by atoms with Crippen molar-refractivity contribution in [1.29, 1.82) is 0 Å². The highest BCUT2D eigenvalue weighted by Gasteiger charge is 2.42. The highest BCUT2D eigenvalue weighted by Crippen LogP contribution is 2.44. The zero-order valence-corrected chi connectivity index (χ0v) is 29.6. The Morgan fingerprint density at radius 2 is 1.79 bits per heavy atom. The van der Waals surface area contributed by atoms with E-state index in [0.29, 0.717) is 36.7 Å². The first-order valence-corrected chi connectivity index (χ1v) is 19.4. The van der Waals surface area contributed by atoms with Crippen molar-refractivity contribution in [3.8, 4) is 0 Å². The number of Topliss-reactive ketones (excluding diaryl/α,β-unsaturated/α-hetero) is 1. The van der Waals surface area contributed by atoms with Gasteiger partial charge in [-0.05, 0) is 62.9 Å². The van der Waals surface area contributed by atoms with Crippen molar-refractivity contribution < 1.29 is 14.3 Å². The zero-order chi connectivity index (χ0) is 33.6. The van der Waals surface area contributed by atoms with E-state index in [1.807, 2.05) is 23.8 Å². The van der Waals surface area contributed by atoms with Crippen LogP contribution in [0.3, 0.4) is 0 Å². The van der Waals surface area contributed by atoms with Gasteiger partial charge in [0.25, 0.3) is 0 Å². The number of hydrogen-bond acceptors (Lipinski definition) is 9. The van der Waals surface area contributed by atoms with Crippen molar-refractivity contribution in [2.24, 2.45) is 0 Å². The minimum absolute atomic E-state index is 0.165. The molecule has 1 saturated carbocycles. The lowest BCUT2D eigenvalue weighted by Gasteiger charge is -2.41. The number of aliphatic hydroxyl groups is 1. The molecule has 0 bridgehead atoms. The van der Waals surface area contributed by atoms with Crippen molar-refractivity contribution >= 4 is 22.9 Å². The molecule has 3 unspecified atom stereocenters. The number of thiazole rings is 1. The van der Waals surface area contributed by atoms with E-state index in [9.17, 15) is 14.3 Å². The third kappa shape index (κ3) is 9.88. The van der Waals surface area contributed by atoms with E-state index in [2.05, 4.69) is 37.3 Å². The molecule has 5 rings (SSSR count). The molecule has 3 aromatic rings. The Hall–Kier alpha value is -2.82. The largest absolute Gasteiger partial charge is 0.392 e. The number of rotatable bonds is 21. The predicted molar refractivity (Wildman–Crippen MR) is 191 cm³/mol. The van der Waals surface area contributed by atoms with Crippen molar-refractivity contribution in [2.45, 2.75) is 140 Å². The fourth-order valence-electron chi connectivity index (χ4n) is 7.52. The van der Waals surface area contributed by atoms with Gasteiger partial charge in [-0.1, -0.05) is 77.6 Å². The molecule has 1 aliphatic heterocycles. The van der Waals surface area contributed by atoms with E-state index in [0.717, 1.165) is 62.8 Å². The molecule has 48 heavy (non-hydrogen) atoms. The number of nitrogens with zero attached hydrogens (tertiary/aromatic N) is 5. The molecule has 3 atom stereocenters. The lowest BCUT2D eigenvalue weighted by atomic mass is 9.66. The van der Waals surface area contributed by atoms with Gasteiger partial charge in [-0.3, -0.25) is 19.7 Å². The molecule has 2 aliphatic rings. The Bertz CT molecular complexity index is 1370. The molecule has 3 aromatic heterocycles. The quantitative estimate of drug-likeness (QED) is 0.108. The number of unbranched alkanes of at least 4 members (excludes halogenated alkanes) is 10. The number of piperidine rings is 1. The van der Waals surface area contributed by atoms with E-state index in [-0.39, 0.29) is 23.1 Å². The van der Waals surface area contributed by atoms with Gasteiger partial charge in [-0.2, -0.15) is 5.10 Å². The van der Waals surface area contributed by atoms with Gasteiger partial charge in [0.2, 0.25) is 0 Å². The number of carbonyl (C=O) groups is 1. The third-order valence-corrected chi connectivity index (χ3v) is 11.3. The summed E-state index contributed by atoms with van der Waals surface area (Å²) in [6, 6.07) is 6.65. The zero-order valence-electron chi connectivity index (χ0n) is 28.8. The maximum atomic E-state index is 14.7. The smallest absolute Gasteiger partial charge is 0.148 e. The van der Waals surface area contributed by atoms with Crippen LogP contribution in [-0.4, -0.2) is 61.7 Å². The third-order valence-electron chi connectivity index (χ3n) is 10.4. The van der Waals surface area contributed by atoms with E-state index >= 15 is 0 Å². The maximum absolute atomic E-state index is 14.7. The highest BCUT2D eigenvalue weighted by molar-refractivity contribution is 7.09. The van der Waals surface area contributed by atoms with Gasteiger partial charge < -0.3 is 10.4 Å². The molecule has 262 valence electrons. The number of anilines is 1. The van der Waals surface area contributed by atoms with Crippen molar-refractivity contribution in [3.05, 3.63) is 64.3 Å². The molecule has 8 nitrogen and oxygen atoms in total. The van der Waals surface area contributed by atoms with Crippen LogP contribution in [0, 0.1) is 5.82 Å². The van der Waals surface area contributed by atoms with Gasteiger partial charge in [0.15, 0.2) is 0 Å². The van der Waals surface area contributed by atoms with Crippen LogP contribution in [0.15, 0.2) is 42.2 Å². The summed E-state index contributed by atoms with van der Waals surface area (Å²) in [6.07, 6.45) is 21.6. The minimum atomic E-state index is -0.513. The van der Waals surface area contributed by atoms with Crippen LogP contribution in [-0.2, 0) is 10.2 Å². The second-order valence-corrected chi connectivity index (χ2v) is 15.0. The van der Waals surface area contributed by atoms with Gasteiger partial charge in [0.1, 0.15) is 17.4 Å². The monoisotopic (exact) mass is 678 g/mol. The number of hydrogen-bond donors (Lipinski definition) is 2. The van der Waals surface area contributed by atoms with E-state index < -0.39 is 12.0 Å². The van der Waals surface area contributed by atoms with Crippen LogP contribution in [0.25, 0.3) is 0 Å². The Morgan fingerprint density at radius 1 is 1.04 bits per heavy atom. The molecule has 0 amide bonds. The van der Waals surface area contributed by atoms with E-state index in [4.69, 9.17) is 0 Å². The lowest BCUT2D eigenvalue weighted by molar-refractivity contribution is -0.123. The first-order valence-electron chi connectivity index (χ1n) is 18.5. The van der Waals surface area contributed by atoms with Gasteiger partial charge in [-0.25, -0.2) is 4.39 Å². The summed E-state index contributed by atoms with van der Waals surface area (Å²) >= 11 is 1.55. The van der Waals surface area contributed by atoms with Gasteiger partial charge in [-0.15, -0.1) is 16.4 Å². The van der Waals surface area contributed by atoms with Crippen LogP contribution in [0.5, 0.6) is 0 Å². The number of nitrogens with one attached hydrogen (secondary N) is 1.